The molecule has 0 amide bonds. The molecule has 2 rings (SSSR count). The monoisotopic (exact) mass is 254 g/mol. The molecule has 1 fully saturated rings. The predicted molar refractivity (Wildman–Crippen MR) is 69.5 cm³/mol. The van der Waals surface area contributed by atoms with Gasteiger partial charge in [-0.1, -0.05) is 19.4 Å². The molecular weight excluding hydrogens is 234 g/mol. The van der Waals surface area contributed by atoms with Crippen LogP contribution in [0.3, 0.4) is 0 Å². The summed E-state index contributed by atoms with van der Waals surface area (Å²) in [4.78, 5) is 1.95. The van der Waals surface area contributed by atoms with Crippen molar-refractivity contribution in [1.82, 2.24) is 0 Å². The Kier molecular flexibility index (Phi) is 4.17. The smallest absolute Gasteiger partial charge is 0.182 e. The Morgan fingerprint density at radius 2 is 2.11 bits per heavy atom. The maximum Gasteiger partial charge on any atom is 0.182 e. The van der Waals surface area contributed by atoms with Crippen molar-refractivity contribution < 1.29 is 8.78 Å². The molecule has 0 radical (unpaired) electrons. The second-order valence-corrected chi connectivity index (χ2v) is 4.94. The number of rotatable bonds is 3. The van der Waals surface area contributed by atoms with Gasteiger partial charge in [-0.15, -0.1) is 0 Å². The molecule has 1 atom stereocenters. The van der Waals surface area contributed by atoms with Crippen LogP contribution in [0.4, 0.5) is 14.5 Å². The van der Waals surface area contributed by atoms with E-state index in [1.54, 1.807) is 12.1 Å². The molecule has 0 bridgehead atoms. The summed E-state index contributed by atoms with van der Waals surface area (Å²) >= 11 is 0. The van der Waals surface area contributed by atoms with Crippen LogP contribution in [0.15, 0.2) is 12.1 Å². The minimum Gasteiger partial charge on any atom is -0.369 e. The Hall–Kier alpha value is -1.16. The summed E-state index contributed by atoms with van der Waals surface area (Å²) in [6.45, 7) is 3.78. The third kappa shape index (κ3) is 2.48. The van der Waals surface area contributed by atoms with E-state index in [4.69, 9.17) is 5.73 Å². The lowest BCUT2D eigenvalue weighted by molar-refractivity contribution is 0.399. The first-order valence-electron chi connectivity index (χ1n) is 6.59. The molecule has 100 valence electrons. The summed E-state index contributed by atoms with van der Waals surface area (Å²) in [5, 5.41) is 0. The molecule has 1 aliphatic rings. The van der Waals surface area contributed by atoms with Crippen LogP contribution in [-0.4, -0.2) is 13.1 Å². The molecule has 1 heterocycles. The number of piperidine rings is 1. The fraction of sp³-hybridized carbons (Fsp3) is 0.571. The van der Waals surface area contributed by atoms with Crippen molar-refractivity contribution >= 4 is 5.69 Å². The van der Waals surface area contributed by atoms with Gasteiger partial charge in [-0.3, -0.25) is 0 Å². The van der Waals surface area contributed by atoms with E-state index in [9.17, 15) is 8.78 Å². The standard InChI is InChI=1S/C14H20F2N2/c1-2-10-4-3-7-18(9-10)12-6-5-11(8-17)13(15)14(12)16/h5-6,10H,2-4,7-9,17H2,1H3. The van der Waals surface area contributed by atoms with E-state index in [0.717, 1.165) is 25.9 Å². The summed E-state index contributed by atoms with van der Waals surface area (Å²) in [6.07, 6.45) is 3.30. The fourth-order valence-corrected chi connectivity index (χ4v) is 2.60. The van der Waals surface area contributed by atoms with Gasteiger partial charge in [-0.05, 0) is 24.8 Å². The van der Waals surface area contributed by atoms with Crippen molar-refractivity contribution in [3.8, 4) is 0 Å². The molecule has 0 spiro atoms. The average Bonchev–Trinajstić information content (AvgIpc) is 2.42. The minimum absolute atomic E-state index is 0.0284. The summed E-state index contributed by atoms with van der Waals surface area (Å²) in [5.41, 5.74) is 5.99. The van der Waals surface area contributed by atoms with Gasteiger partial charge in [0.1, 0.15) is 0 Å². The number of nitrogens with two attached hydrogens (primary N) is 1. The average molecular weight is 254 g/mol. The zero-order valence-electron chi connectivity index (χ0n) is 10.8. The number of hydrogen-bond donors (Lipinski definition) is 1. The number of anilines is 1. The lowest BCUT2D eigenvalue weighted by Crippen LogP contribution is -2.35. The van der Waals surface area contributed by atoms with Crippen molar-refractivity contribution in [3.05, 3.63) is 29.3 Å². The molecular formula is C14H20F2N2. The molecule has 1 saturated heterocycles. The van der Waals surface area contributed by atoms with Crippen molar-refractivity contribution in [3.63, 3.8) is 0 Å². The minimum atomic E-state index is -0.798. The third-order valence-corrected chi connectivity index (χ3v) is 3.80. The highest BCUT2D eigenvalue weighted by atomic mass is 19.2. The number of nitrogens with zero attached hydrogens (tertiary/aromatic N) is 1. The van der Waals surface area contributed by atoms with Crippen LogP contribution in [0, 0.1) is 17.6 Å². The van der Waals surface area contributed by atoms with E-state index in [-0.39, 0.29) is 12.1 Å². The molecule has 4 heteroatoms. The summed E-state index contributed by atoms with van der Waals surface area (Å²) in [7, 11) is 0. The Morgan fingerprint density at radius 3 is 2.78 bits per heavy atom. The molecule has 0 saturated carbocycles. The summed E-state index contributed by atoms with van der Waals surface area (Å²) < 4.78 is 27.7. The molecule has 1 aromatic carbocycles. The molecule has 2 nitrogen and oxygen atoms in total. The van der Waals surface area contributed by atoms with Gasteiger partial charge in [0.25, 0.3) is 0 Å². The van der Waals surface area contributed by atoms with E-state index < -0.39 is 11.6 Å². The first kappa shape index (κ1) is 13.3. The first-order valence-corrected chi connectivity index (χ1v) is 6.59. The number of halogens is 2. The first-order chi connectivity index (χ1) is 8.67. The van der Waals surface area contributed by atoms with Gasteiger partial charge in [0.2, 0.25) is 0 Å². The molecule has 1 aliphatic heterocycles. The van der Waals surface area contributed by atoms with E-state index >= 15 is 0 Å². The van der Waals surface area contributed by atoms with E-state index in [0.29, 0.717) is 11.6 Å². The van der Waals surface area contributed by atoms with E-state index in [1.165, 1.54) is 6.42 Å². The van der Waals surface area contributed by atoms with E-state index in [2.05, 4.69) is 6.92 Å². The van der Waals surface area contributed by atoms with Crippen LogP contribution in [-0.2, 0) is 6.54 Å². The zero-order chi connectivity index (χ0) is 13.1. The molecule has 1 aromatic rings. The lowest BCUT2D eigenvalue weighted by Gasteiger charge is -2.34. The Morgan fingerprint density at radius 1 is 1.33 bits per heavy atom. The van der Waals surface area contributed by atoms with Crippen molar-refractivity contribution in [2.45, 2.75) is 32.7 Å². The molecule has 18 heavy (non-hydrogen) atoms. The normalized spacial score (nSPS) is 20.2. The van der Waals surface area contributed by atoms with Gasteiger partial charge in [-0.2, -0.15) is 0 Å². The van der Waals surface area contributed by atoms with Crippen LogP contribution >= 0.6 is 0 Å². The van der Waals surface area contributed by atoms with Gasteiger partial charge < -0.3 is 10.6 Å². The molecule has 1 unspecified atom stereocenters. The molecule has 2 N–H and O–H groups in total. The van der Waals surface area contributed by atoms with Gasteiger partial charge >= 0.3 is 0 Å². The second-order valence-electron chi connectivity index (χ2n) is 4.94. The van der Waals surface area contributed by atoms with Crippen molar-refractivity contribution in [2.24, 2.45) is 11.7 Å². The van der Waals surface area contributed by atoms with Crippen LogP contribution in [0.1, 0.15) is 31.7 Å². The van der Waals surface area contributed by atoms with Gasteiger partial charge in [0.15, 0.2) is 11.6 Å². The predicted octanol–water partition coefficient (Wildman–Crippen LogP) is 3.05. The van der Waals surface area contributed by atoms with Gasteiger partial charge in [0.05, 0.1) is 5.69 Å². The number of hydrogen-bond acceptors (Lipinski definition) is 2. The van der Waals surface area contributed by atoms with E-state index in [1.807, 2.05) is 4.90 Å². The topological polar surface area (TPSA) is 29.3 Å². The largest absolute Gasteiger partial charge is 0.369 e. The third-order valence-electron chi connectivity index (χ3n) is 3.80. The fourth-order valence-electron chi connectivity index (χ4n) is 2.60. The Balaban J connectivity index is 2.25. The highest BCUT2D eigenvalue weighted by Crippen LogP contribution is 2.29. The summed E-state index contributed by atoms with van der Waals surface area (Å²) in [6, 6.07) is 3.24. The highest BCUT2D eigenvalue weighted by molar-refractivity contribution is 5.50. The number of benzene rings is 1. The highest BCUT2D eigenvalue weighted by Gasteiger charge is 2.23. The van der Waals surface area contributed by atoms with Crippen molar-refractivity contribution in [2.75, 3.05) is 18.0 Å². The zero-order valence-corrected chi connectivity index (χ0v) is 10.8. The quantitative estimate of drug-likeness (QED) is 0.898. The van der Waals surface area contributed by atoms with Crippen molar-refractivity contribution in [1.29, 1.82) is 0 Å². The maximum atomic E-state index is 14.0. The molecule has 0 aromatic heterocycles. The lowest BCUT2D eigenvalue weighted by atomic mass is 9.95. The van der Waals surface area contributed by atoms with Crippen LogP contribution < -0.4 is 10.6 Å². The Bertz CT molecular complexity index is 421. The van der Waals surface area contributed by atoms with Gasteiger partial charge in [0, 0.05) is 25.2 Å². The molecule has 0 aliphatic carbocycles. The maximum absolute atomic E-state index is 14.0. The SMILES string of the molecule is CCC1CCCN(c2ccc(CN)c(F)c2F)C1. The van der Waals surface area contributed by atoms with Crippen LogP contribution in [0.25, 0.3) is 0 Å². The van der Waals surface area contributed by atoms with Crippen LogP contribution in [0.2, 0.25) is 0 Å². The second kappa shape index (κ2) is 5.65. The Labute approximate surface area is 107 Å². The summed E-state index contributed by atoms with van der Waals surface area (Å²) in [5.74, 6) is -0.973. The van der Waals surface area contributed by atoms with Gasteiger partial charge in [-0.25, -0.2) is 8.78 Å². The van der Waals surface area contributed by atoms with Crippen LogP contribution in [0.5, 0.6) is 0 Å².